The zero-order valence-electron chi connectivity index (χ0n) is 21.2. The van der Waals surface area contributed by atoms with Gasteiger partial charge in [-0.25, -0.2) is 8.42 Å². The van der Waals surface area contributed by atoms with Crippen molar-refractivity contribution in [3.8, 4) is 0 Å². The maximum Gasteiger partial charge on any atom is 0.264 e. The predicted molar refractivity (Wildman–Crippen MR) is 150 cm³/mol. The molecule has 37 heavy (non-hydrogen) atoms. The monoisotopic (exact) mass is 537 g/mol. The van der Waals surface area contributed by atoms with E-state index < -0.39 is 10.0 Å². The molecule has 1 fully saturated rings. The Morgan fingerprint density at radius 1 is 0.946 bits per heavy atom. The Morgan fingerprint density at radius 2 is 1.62 bits per heavy atom. The second kappa shape index (κ2) is 11.9. The molecule has 0 saturated carbocycles. The molecule has 194 valence electrons. The van der Waals surface area contributed by atoms with Crippen molar-refractivity contribution in [3.63, 3.8) is 0 Å². The molecule has 0 spiro atoms. The number of halogens is 1. The number of rotatable bonds is 8. The molecular weight excluding hydrogens is 506 g/mol. The Labute approximate surface area is 224 Å². The fourth-order valence-corrected chi connectivity index (χ4v) is 5.77. The Kier molecular flexibility index (Phi) is 8.69. The molecule has 0 atom stereocenters. The van der Waals surface area contributed by atoms with E-state index in [1.165, 1.54) is 4.31 Å². The van der Waals surface area contributed by atoms with Gasteiger partial charge >= 0.3 is 0 Å². The van der Waals surface area contributed by atoms with Gasteiger partial charge in [-0.2, -0.15) is 0 Å². The fraction of sp³-hybridized carbons (Fsp3) is 0.276. The average Bonchev–Trinajstić information content (AvgIpc) is 2.90. The van der Waals surface area contributed by atoms with Gasteiger partial charge in [-0.3, -0.25) is 14.0 Å². The van der Waals surface area contributed by atoms with E-state index in [0.717, 1.165) is 36.3 Å². The van der Waals surface area contributed by atoms with Gasteiger partial charge in [0.05, 0.1) is 10.6 Å². The molecule has 0 N–H and O–H groups in total. The average molecular weight is 538 g/mol. The minimum Gasteiger partial charge on any atom is -0.339 e. The summed E-state index contributed by atoms with van der Waals surface area (Å²) in [7, 11) is -3.98. The van der Waals surface area contributed by atoms with Crippen LogP contribution < -0.4 is 4.31 Å². The molecule has 0 aliphatic carbocycles. The number of hydrogen-bond acceptors (Lipinski definition) is 4. The maximum absolute atomic E-state index is 13.6. The van der Waals surface area contributed by atoms with Crippen molar-refractivity contribution in [2.24, 2.45) is 0 Å². The van der Waals surface area contributed by atoms with E-state index in [4.69, 9.17) is 11.6 Å². The number of aryl methyl sites for hydroxylation is 2. The van der Waals surface area contributed by atoms with Crippen molar-refractivity contribution < 1.29 is 13.2 Å². The number of hydrogen-bond donors (Lipinski definition) is 0. The first-order chi connectivity index (χ1) is 17.7. The summed E-state index contributed by atoms with van der Waals surface area (Å²) in [6, 6.07) is 21.8. The summed E-state index contributed by atoms with van der Waals surface area (Å²) in [5, 5.41) is 0.450. The van der Waals surface area contributed by atoms with Gasteiger partial charge in [0, 0.05) is 37.7 Å². The van der Waals surface area contributed by atoms with Crippen molar-refractivity contribution in [1.29, 1.82) is 0 Å². The van der Waals surface area contributed by atoms with Crippen molar-refractivity contribution in [1.82, 2.24) is 9.80 Å². The molecule has 1 amide bonds. The second-order valence-electron chi connectivity index (χ2n) is 9.25. The van der Waals surface area contributed by atoms with Gasteiger partial charge < -0.3 is 4.90 Å². The molecule has 1 saturated heterocycles. The minimum absolute atomic E-state index is 0.137. The number of nitrogens with zero attached hydrogens (tertiary/aromatic N) is 3. The molecule has 1 aliphatic rings. The van der Waals surface area contributed by atoms with E-state index >= 15 is 0 Å². The molecular formula is C29H32ClN3O3S. The molecule has 1 heterocycles. The Hall–Kier alpha value is -3.13. The Balaban J connectivity index is 1.45. The summed E-state index contributed by atoms with van der Waals surface area (Å²) in [5.74, 6) is -0.230. The van der Waals surface area contributed by atoms with Gasteiger partial charge in [0.1, 0.15) is 6.54 Å². The Morgan fingerprint density at radius 3 is 2.27 bits per heavy atom. The highest BCUT2D eigenvalue weighted by Crippen LogP contribution is 2.28. The number of amides is 1. The quantitative estimate of drug-likeness (QED) is 0.405. The lowest BCUT2D eigenvalue weighted by Gasteiger charge is -2.35. The molecule has 4 rings (SSSR count). The summed E-state index contributed by atoms with van der Waals surface area (Å²) in [5.41, 5.74) is 3.31. The normalized spacial score (nSPS) is 14.7. The van der Waals surface area contributed by atoms with Gasteiger partial charge in [-0.15, -0.1) is 0 Å². The van der Waals surface area contributed by atoms with Crippen molar-refractivity contribution >= 4 is 39.3 Å². The van der Waals surface area contributed by atoms with Crippen LogP contribution in [-0.2, 0) is 14.8 Å². The topological polar surface area (TPSA) is 60.9 Å². The van der Waals surface area contributed by atoms with Gasteiger partial charge in [-0.1, -0.05) is 77.8 Å². The minimum atomic E-state index is -3.98. The third kappa shape index (κ3) is 6.80. The molecule has 0 unspecified atom stereocenters. The summed E-state index contributed by atoms with van der Waals surface area (Å²) in [4.78, 5) is 17.5. The number of carbonyl (C=O) groups excluding carboxylic acids is 1. The molecule has 0 radical (unpaired) electrons. The van der Waals surface area contributed by atoms with Gasteiger partial charge in [0.25, 0.3) is 10.0 Å². The first-order valence-corrected chi connectivity index (χ1v) is 14.1. The van der Waals surface area contributed by atoms with Crippen molar-refractivity contribution in [2.75, 3.05) is 43.6 Å². The third-order valence-electron chi connectivity index (χ3n) is 6.53. The molecule has 0 bridgehead atoms. The van der Waals surface area contributed by atoms with Gasteiger partial charge in [-0.05, 0) is 49.2 Å². The number of anilines is 1. The third-order valence-corrected chi connectivity index (χ3v) is 8.73. The SMILES string of the molecule is Cc1ccc(S(=O)(=O)N(CC(=O)N2CCN(C/C=C/c3ccccc3)CC2)c2ccc(C)c(Cl)c2)cc1. The van der Waals surface area contributed by atoms with Crippen molar-refractivity contribution in [3.05, 3.63) is 101 Å². The molecule has 6 nitrogen and oxygen atoms in total. The van der Waals surface area contributed by atoms with Crippen LogP contribution in [0.25, 0.3) is 6.08 Å². The van der Waals surface area contributed by atoms with Gasteiger partial charge in [0.2, 0.25) is 5.91 Å². The number of sulfonamides is 1. The van der Waals surface area contributed by atoms with Crippen LogP contribution in [0.15, 0.2) is 83.8 Å². The molecule has 3 aromatic carbocycles. The van der Waals surface area contributed by atoms with E-state index in [0.29, 0.717) is 23.8 Å². The van der Waals surface area contributed by atoms with Crippen LogP contribution >= 0.6 is 11.6 Å². The van der Waals surface area contributed by atoms with E-state index in [2.05, 4.69) is 29.2 Å². The molecule has 8 heteroatoms. The summed E-state index contributed by atoms with van der Waals surface area (Å²) in [6.07, 6.45) is 4.22. The fourth-order valence-electron chi connectivity index (χ4n) is 4.19. The zero-order chi connectivity index (χ0) is 26.4. The number of piperazine rings is 1. The van der Waals surface area contributed by atoms with Crippen LogP contribution in [0, 0.1) is 13.8 Å². The second-order valence-corrected chi connectivity index (χ2v) is 11.5. The first kappa shape index (κ1) is 26.9. The van der Waals surface area contributed by atoms with Crippen LogP contribution in [0.1, 0.15) is 16.7 Å². The summed E-state index contributed by atoms with van der Waals surface area (Å²) < 4.78 is 28.5. The van der Waals surface area contributed by atoms with Crippen LogP contribution in [0.4, 0.5) is 5.69 Å². The smallest absolute Gasteiger partial charge is 0.264 e. The highest BCUT2D eigenvalue weighted by Gasteiger charge is 2.30. The molecule has 3 aromatic rings. The van der Waals surface area contributed by atoms with Crippen LogP contribution in [0.2, 0.25) is 5.02 Å². The standard InChI is InChI=1S/C29H32ClN3O3S/c1-23-10-14-27(15-11-23)37(35,36)33(26-13-12-24(2)28(30)21-26)22-29(34)32-19-17-31(18-20-32)16-6-9-25-7-4-3-5-8-25/h3-15,21H,16-20,22H2,1-2H3/b9-6+. The summed E-state index contributed by atoms with van der Waals surface area (Å²) in [6.45, 7) is 6.81. The Bertz CT molecular complexity index is 1350. The summed E-state index contributed by atoms with van der Waals surface area (Å²) >= 11 is 6.33. The van der Waals surface area contributed by atoms with E-state index in [9.17, 15) is 13.2 Å². The predicted octanol–water partition coefficient (Wildman–Crippen LogP) is 5.01. The number of carbonyl (C=O) groups is 1. The molecule has 0 aromatic heterocycles. The van der Waals surface area contributed by atoms with E-state index in [1.807, 2.05) is 32.0 Å². The van der Waals surface area contributed by atoms with Crippen LogP contribution in [-0.4, -0.2) is 63.4 Å². The lowest BCUT2D eigenvalue weighted by molar-refractivity contribution is -0.131. The first-order valence-electron chi connectivity index (χ1n) is 12.3. The van der Waals surface area contributed by atoms with Crippen molar-refractivity contribution in [2.45, 2.75) is 18.7 Å². The lowest BCUT2D eigenvalue weighted by atomic mass is 10.2. The lowest BCUT2D eigenvalue weighted by Crippen LogP contribution is -2.51. The number of benzene rings is 3. The maximum atomic E-state index is 13.6. The van der Waals surface area contributed by atoms with Crippen LogP contribution in [0.5, 0.6) is 0 Å². The molecule has 1 aliphatic heterocycles. The highest BCUT2D eigenvalue weighted by molar-refractivity contribution is 7.92. The van der Waals surface area contributed by atoms with E-state index in [1.54, 1.807) is 47.4 Å². The zero-order valence-corrected chi connectivity index (χ0v) is 22.8. The van der Waals surface area contributed by atoms with Crippen LogP contribution in [0.3, 0.4) is 0 Å². The highest BCUT2D eigenvalue weighted by atomic mass is 35.5. The van der Waals surface area contributed by atoms with Gasteiger partial charge in [0.15, 0.2) is 0 Å². The largest absolute Gasteiger partial charge is 0.339 e. The van der Waals surface area contributed by atoms with E-state index in [-0.39, 0.29) is 17.3 Å².